The number of ether oxygens (including phenoxy) is 2. The van der Waals surface area contributed by atoms with Gasteiger partial charge in [-0.25, -0.2) is 4.39 Å². The fourth-order valence-corrected chi connectivity index (χ4v) is 3.77. The average Bonchev–Trinajstić information content (AvgIpc) is 2.90. The van der Waals surface area contributed by atoms with E-state index in [1.807, 2.05) is 44.2 Å². The van der Waals surface area contributed by atoms with Crippen molar-refractivity contribution in [2.24, 2.45) is 0 Å². The normalized spacial score (nSPS) is 12.3. The van der Waals surface area contributed by atoms with Crippen molar-refractivity contribution >= 4 is 11.8 Å². The fourth-order valence-electron chi connectivity index (χ4n) is 3.77. The first-order valence-electron chi connectivity index (χ1n) is 12.1. The molecule has 7 heteroatoms. The molecule has 36 heavy (non-hydrogen) atoms. The Morgan fingerprint density at radius 3 is 2.25 bits per heavy atom. The number of halogens is 1. The predicted molar refractivity (Wildman–Crippen MR) is 137 cm³/mol. The Kier molecular flexibility index (Phi) is 9.86. The molecule has 2 amide bonds. The second-order valence-corrected chi connectivity index (χ2v) is 8.58. The zero-order valence-electron chi connectivity index (χ0n) is 20.9. The van der Waals surface area contributed by atoms with E-state index < -0.39 is 17.8 Å². The minimum Gasteiger partial charge on any atom is -0.493 e. The molecule has 0 heterocycles. The number of amides is 2. The minimum absolute atomic E-state index is 0.0772. The Hall–Kier alpha value is -3.87. The van der Waals surface area contributed by atoms with E-state index in [1.54, 1.807) is 42.5 Å². The molecule has 0 aliphatic heterocycles. The number of benzene rings is 3. The molecule has 0 spiro atoms. The van der Waals surface area contributed by atoms with Gasteiger partial charge in [-0.15, -0.1) is 0 Å². The fraction of sp³-hybridized carbons (Fsp3) is 0.310. The quantitative estimate of drug-likeness (QED) is 0.396. The third-order valence-corrected chi connectivity index (χ3v) is 5.99. The summed E-state index contributed by atoms with van der Waals surface area (Å²) in [7, 11) is 1.52. The first kappa shape index (κ1) is 26.7. The van der Waals surface area contributed by atoms with Gasteiger partial charge in [-0.1, -0.05) is 67.6 Å². The van der Waals surface area contributed by atoms with Gasteiger partial charge in [0.15, 0.2) is 18.1 Å². The van der Waals surface area contributed by atoms with Gasteiger partial charge in [-0.3, -0.25) is 9.59 Å². The zero-order valence-corrected chi connectivity index (χ0v) is 20.9. The van der Waals surface area contributed by atoms with Crippen LogP contribution in [0.4, 0.5) is 4.39 Å². The van der Waals surface area contributed by atoms with Gasteiger partial charge in [-0.2, -0.15) is 0 Å². The van der Waals surface area contributed by atoms with Gasteiger partial charge in [0.2, 0.25) is 5.91 Å². The van der Waals surface area contributed by atoms with Gasteiger partial charge >= 0.3 is 0 Å². The molecule has 6 nitrogen and oxygen atoms in total. The molecular formula is C29H33FN2O4. The van der Waals surface area contributed by atoms with Gasteiger partial charge in [0.1, 0.15) is 11.9 Å². The van der Waals surface area contributed by atoms with Crippen LogP contribution < -0.4 is 14.8 Å². The smallest absolute Gasteiger partial charge is 0.261 e. The third kappa shape index (κ3) is 7.31. The molecule has 0 radical (unpaired) electrons. The third-order valence-electron chi connectivity index (χ3n) is 5.99. The number of methoxy groups -OCH3 is 1. The van der Waals surface area contributed by atoms with Crippen molar-refractivity contribution in [1.29, 1.82) is 0 Å². The number of hydrogen-bond donors (Lipinski definition) is 1. The van der Waals surface area contributed by atoms with Crippen LogP contribution in [0.2, 0.25) is 0 Å². The van der Waals surface area contributed by atoms with Crippen LogP contribution in [0.1, 0.15) is 31.4 Å². The first-order valence-corrected chi connectivity index (χ1v) is 12.1. The molecule has 0 fully saturated rings. The van der Waals surface area contributed by atoms with Crippen LogP contribution in [0, 0.1) is 5.82 Å². The van der Waals surface area contributed by atoms with Crippen LogP contribution >= 0.6 is 0 Å². The van der Waals surface area contributed by atoms with E-state index in [0.29, 0.717) is 17.1 Å². The standard InChI is InChI=1S/C29H33FN2O4/c1-4-21(2)31-29(34)25(18-22-12-6-5-7-13-22)32(19-23-14-8-9-15-24(23)30)28(33)20-36-27-17-11-10-16-26(27)35-3/h5-17,21,25H,4,18-20H2,1-3H3,(H,31,34)/t21-,25+/m0/s1. The summed E-state index contributed by atoms with van der Waals surface area (Å²) in [4.78, 5) is 28.4. The second-order valence-electron chi connectivity index (χ2n) is 8.58. The molecule has 0 saturated heterocycles. The molecule has 0 aliphatic carbocycles. The van der Waals surface area contributed by atoms with E-state index >= 15 is 0 Å². The molecular weight excluding hydrogens is 459 g/mol. The largest absolute Gasteiger partial charge is 0.493 e. The molecule has 3 aromatic carbocycles. The highest BCUT2D eigenvalue weighted by atomic mass is 19.1. The number of para-hydroxylation sites is 2. The van der Waals surface area contributed by atoms with Crippen molar-refractivity contribution in [3.63, 3.8) is 0 Å². The maximum atomic E-state index is 14.6. The summed E-state index contributed by atoms with van der Waals surface area (Å²) in [6, 6.07) is 21.8. The molecule has 0 saturated carbocycles. The lowest BCUT2D eigenvalue weighted by atomic mass is 10.0. The Morgan fingerprint density at radius 1 is 0.944 bits per heavy atom. The van der Waals surface area contributed by atoms with E-state index in [2.05, 4.69) is 5.32 Å². The Bertz CT molecular complexity index is 1140. The lowest BCUT2D eigenvalue weighted by Crippen LogP contribution is -2.53. The first-order chi connectivity index (χ1) is 17.4. The summed E-state index contributed by atoms with van der Waals surface area (Å²) in [6.07, 6.45) is 1.01. The van der Waals surface area contributed by atoms with Crippen molar-refractivity contribution in [2.75, 3.05) is 13.7 Å². The van der Waals surface area contributed by atoms with Crippen molar-refractivity contribution in [2.45, 2.75) is 45.3 Å². The highest BCUT2D eigenvalue weighted by molar-refractivity contribution is 5.88. The molecule has 190 valence electrons. The van der Waals surface area contributed by atoms with E-state index in [-0.39, 0.29) is 31.5 Å². The van der Waals surface area contributed by atoms with Gasteiger partial charge in [0, 0.05) is 24.6 Å². The van der Waals surface area contributed by atoms with E-state index in [9.17, 15) is 14.0 Å². The molecule has 2 atom stereocenters. The van der Waals surface area contributed by atoms with E-state index in [1.165, 1.54) is 18.1 Å². The SMILES string of the molecule is CC[C@H](C)NC(=O)[C@@H](Cc1ccccc1)N(Cc1ccccc1F)C(=O)COc1ccccc1OC. The molecule has 1 N–H and O–H groups in total. The number of rotatable bonds is 12. The second kappa shape index (κ2) is 13.3. The highest BCUT2D eigenvalue weighted by Gasteiger charge is 2.32. The summed E-state index contributed by atoms with van der Waals surface area (Å²) in [5.41, 5.74) is 1.20. The van der Waals surface area contributed by atoms with Gasteiger partial charge in [0.05, 0.1) is 7.11 Å². The summed E-state index contributed by atoms with van der Waals surface area (Å²) < 4.78 is 25.7. The number of carbonyl (C=O) groups excluding carboxylic acids is 2. The Labute approximate surface area is 212 Å². The monoisotopic (exact) mass is 492 g/mol. The van der Waals surface area contributed by atoms with Crippen molar-refractivity contribution in [3.05, 3.63) is 95.8 Å². The van der Waals surface area contributed by atoms with Gasteiger partial charge in [0.25, 0.3) is 5.91 Å². The molecule has 0 aromatic heterocycles. The van der Waals surface area contributed by atoms with Crippen LogP contribution in [0.5, 0.6) is 11.5 Å². The maximum Gasteiger partial charge on any atom is 0.261 e. The Balaban J connectivity index is 1.94. The summed E-state index contributed by atoms with van der Waals surface area (Å²) >= 11 is 0. The van der Waals surface area contributed by atoms with Crippen LogP contribution in [0.3, 0.4) is 0 Å². The highest BCUT2D eigenvalue weighted by Crippen LogP contribution is 2.26. The number of nitrogens with one attached hydrogen (secondary N) is 1. The molecule has 0 unspecified atom stereocenters. The number of hydrogen-bond acceptors (Lipinski definition) is 4. The van der Waals surface area contributed by atoms with Crippen LogP contribution in [0.25, 0.3) is 0 Å². The lowest BCUT2D eigenvalue weighted by molar-refractivity contribution is -0.143. The van der Waals surface area contributed by atoms with Crippen LogP contribution in [-0.2, 0) is 22.6 Å². The lowest BCUT2D eigenvalue weighted by Gasteiger charge is -2.32. The average molecular weight is 493 g/mol. The molecule has 0 aliphatic rings. The van der Waals surface area contributed by atoms with Gasteiger partial charge in [-0.05, 0) is 37.1 Å². The summed E-state index contributed by atoms with van der Waals surface area (Å²) in [6.45, 7) is 3.47. The van der Waals surface area contributed by atoms with Crippen LogP contribution in [-0.4, -0.2) is 42.5 Å². The summed E-state index contributed by atoms with van der Waals surface area (Å²) in [5, 5.41) is 2.99. The molecule has 3 rings (SSSR count). The molecule has 0 bridgehead atoms. The minimum atomic E-state index is -0.866. The van der Waals surface area contributed by atoms with Crippen molar-refractivity contribution < 1.29 is 23.5 Å². The molecule has 3 aromatic rings. The maximum absolute atomic E-state index is 14.6. The van der Waals surface area contributed by atoms with Gasteiger partial charge < -0.3 is 19.7 Å². The van der Waals surface area contributed by atoms with Crippen LogP contribution in [0.15, 0.2) is 78.9 Å². The number of nitrogens with zero attached hydrogens (tertiary/aromatic N) is 1. The summed E-state index contributed by atoms with van der Waals surface area (Å²) in [5.74, 6) is -0.287. The predicted octanol–water partition coefficient (Wildman–Crippen LogP) is 4.77. The van der Waals surface area contributed by atoms with Crippen molar-refractivity contribution in [3.8, 4) is 11.5 Å². The number of carbonyl (C=O) groups is 2. The zero-order chi connectivity index (χ0) is 25.9. The Morgan fingerprint density at radius 2 is 1.58 bits per heavy atom. The van der Waals surface area contributed by atoms with E-state index in [0.717, 1.165) is 12.0 Å². The van der Waals surface area contributed by atoms with Crippen molar-refractivity contribution in [1.82, 2.24) is 10.2 Å². The topological polar surface area (TPSA) is 67.9 Å². The van der Waals surface area contributed by atoms with E-state index in [4.69, 9.17) is 9.47 Å².